The molecule has 10 heteroatoms. The smallest absolute Gasteiger partial charge is 0.418 e. The number of sulfonamides is 1. The van der Waals surface area contributed by atoms with Crippen LogP contribution in [0, 0.1) is 6.92 Å². The summed E-state index contributed by atoms with van der Waals surface area (Å²) in [4.78, 5) is 22.2. The molecule has 0 heterocycles. The molecule has 0 atom stereocenters. The lowest BCUT2D eigenvalue weighted by atomic mass is 10.2. The second-order valence-corrected chi connectivity index (χ2v) is 7.30. The van der Waals surface area contributed by atoms with Crippen molar-refractivity contribution in [1.29, 1.82) is 0 Å². The molecule has 8 nitrogen and oxygen atoms in total. The molecule has 138 valence electrons. The van der Waals surface area contributed by atoms with E-state index in [9.17, 15) is 18.0 Å². The third-order valence-electron chi connectivity index (χ3n) is 3.18. The number of carbonyl (C=O) groups excluding carboxylic acids is 1. The fourth-order valence-corrected chi connectivity index (χ4v) is 2.97. The molecule has 0 aliphatic rings. The van der Waals surface area contributed by atoms with Crippen molar-refractivity contribution >= 4 is 39.3 Å². The molecule has 2 aromatic carbocycles. The van der Waals surface area contributed by atoms with Crippen LogP contribution in [0.4, 0.5) is 10.5 Å². The Morgan fingerprint density at radius 1 is 1.15 bits per heavy atom. The maximum absolute atomic E-state index is 11.9. The Morgan fingerprint density at radius 2 is 1.81 bits per heavy atom. The van der Waals surface area contributed by atoms with Crippen molar-refractivity contribution in [3.8, 4) is 5.75 Å². The second-order valence-electron chi connectivity index (χ2n) is 5.18. The van der Waals surface area contributed by atoms with Crippen LogP contribution in [0.5, 0.6) is 5.75 Å². The minimum atomic E-state index is -4.16. The molecule has 2 aromatic rings. The van der Waals surface area contributed by atoms with E-state index in [2.05, 4.69) is 5.32 Å². The topological polar surface area (TPSA) is 122 Å². The molecule has 0 radical (unpaired) electrons. The van der Waals surface area contributed by atoms with Crippen molar-refractivity contribution in [2.75, 3.05) is 11.9 Å². The Kier molecular flexibility index (Phi) is 6.06. The SMILES string of the molecule is Cc1ccc(Cl)cc1OCC(=O)Nc1ccc(S(=O)(=O)NC(=O)O)cc1. The Labute approximate surface area is 154 Å². The number of benzene rings is 2. The van der Waals surface area contributed by atoms with Gasteiger partial charge in [0, 0.05) is 10.7 Å². The van der Waals surface area contributed by atoms with E-state index in [0.717, 1.165) is 5.56 Å². The van der Waals surface area contributed by atoms with Crippen molar-refractivity contribution < 1.29 is 27.9 Å². The van der Waals surface area contributed by atoms with Gasteiger partial charge in [-0.05, 0) is 48.9 Å². The van der Waals surface area contributed by atoms with Crippen LogP contribution in [-0.2, 0) is 14.8 Å². The van der Waals surface area contributed by atoms with E-state index in [4.69, 9.17) is 21.4 Å². The van der Waals surface area contributed by atoms with E-state index in [1.54, 1.807) is 18.2 Å². The highest BCUT2D eigenvalue weighted by molar-refractivity contribution is 7.90. The lowest BCUT2D eigenvalue weighted by Crippen LogP contribution is -2.28. The van der Waals surface area contributed by atoms with Crippen molar-refractivity contribution in [3.63, 3.8) is 0 Å². The molecule has 0 bridgehead atoms. The van der Waals surface area contributed by atoms with Crippen LogP contribution in [0.25, 0.3) is 0 Å². The molecule has 3 N–H and O–H groups in total. The van der Waals surface area contributed by atoms with Gasteiger partial charge in [-0.15, -0.1) is 0 Å². The zero-order valence-corrected chi connectivity index (χ0v) is 15.1. The minimum absolute atomic E-state index is 0.247. The number of aryl methyl sites for hydroxylation is 1. The van der Waals surface area contributed by atoms with Gasteiger partial charge in [0.05, 0.1) is 4.90 Å². The quantitative estimate of drug-likeness (QED) is 0.687. The molecule has 0 saturated carbocycles. The number of rotatable bonds is 6. The summed E-state index contributed by atoms with van der Waals surface area (Å²) in [6.07, 6.45) is -1.68. The fourth-order valence-electron chi connectivity index (χ4n) is 1.96. The molecular weight excluding hydrogens is 384 g/mol. The normalized spacial score (nSPS) is 10.8. The van der Waals surface area contributed by atoms with Crippen LogP contribution < -0.4 is 14.8 Å². The molecule has 0 unspecified atom stereocenters. The van der Waals surface area contributed by atoms with Gasteiger partial charge in [0.1, 0.15) is 5.75 Å². The summed E-state index contributed by atoms with van der Waals surface area (Å²) < 4.78 is 30.2. The van der Waals surface area contributed by atoms with Crippen LogP contribution in [0.3, 0.4) is 0 Å². The van der Waals surface area contributed by atoms with Gasteiger partial charge in [-0.2, -0.15) is 0 Å². The number of ether oxygens (including phenoxy) is 1. The maximum atomic E-state index is 11.9. The summed E-state index contributed by atoms with van der Waals surface area (Å²) in [6, 6.07) is 10.1. The summed E-state index contributed by atoms with van der Waals surface area (Å²) >= 11 is 5.87. The Morgan fingerprint density at radius 3 is 2.42 bits per heavy atom. The van der Waals surface area contributed by atoms with Gasteiger partial charge in [-0.25, -0.2) is 17.9 Å². The number of amides is 2. The summed E-state index contributed by atoms with van der Waals surface area (Å²) in [7, 11) is -4.16. The molecule has 0 aliphatic carbocycles. The number of carbonyl (C=O) groups is 2. The third-order valence-corrected chi connectivity index (χ3v) is 4.75. The average Bonchev–Trinajstić information content (AvgIpc) is 2.55. The number of anilines is 1. The van der Waals surface area contributed by atoms with E-state index in [1.807, 2.05) is 6.92 Å². The largest absolute Gasteiger partial charge is 0.483 e. The number of hydrogen-bond acceptors (Lipinski definition) is 5. The molecule has 0 spiro atoms. The van der Waals surface area contributed by atoms with Crippen LogP contribution in [0.1, 0.15) is 5.56 Å². The average molecular weight is 399 g/mol. The number of halogens is 1. The van der Waals surface area contributed by atoms with Crippen molar-refractivity contribution in [2.45, 2.75) is 11.8 Å². The fraction of sp³-hybridized carbons (Fsp3) is 0.125. The predicted octanol–water partition coefficient (Wildman–Crippen LogP) is 2.62. The first-order valence-electron chi connectivity index (χ1n) is 7.22. The molecule has 26 heavy (non-hydrogen) atoms. The molecule has 0 fully saturated rings. The van der Waals surface area contributed by atoms with Gasteiger partial charge in [0.15, 0.2) is 6.61 Å². The standard InChI is InChI=1S/C16H15ClN2O6S/c1-10-2-3-11(17)8-14(10)25-9-15(20)18-12-4-6-13(7-5-12)26(23,24)19-16(21)22/h2-8,19H,9H2,1H3,(H,18,20)(H,21,22). The van der Waals surface area contributed by atoms with Gasteiger partial charge in [-0.3, -0.25) is 4.79 Å². The van der Waals surface area contributed by atoms with Crippen molar-refractivity contribution in [3.05, 3.63) is 53.1 Å². The van der Waals surface area contributed by atoms with E-state index >= 15 is 0 Å². The Hall–Kier alpha value is -2.78. The first-order valence-corrected chi connectivity index (χ1v) is 9.08. The van der Waals surface area contributed by atoms with Gasteiger partial charge < -0.3 is 15.2 Å². The summed E-state index contributed by atoms with van der Waals surface area (Å²) in [5.41, 5.74) is 1.15. The van der Waals surface area contributed by atoms with Gasteiger partial charge >= 0.3 is 6.09 Å². The minimum Gasteiger partial charge on any atom is -0.483 e. The second kappa shape index (κ2) is 8.07. The van der Waals surface area contributed by atoms with E-state index in [0.29, 0.717) is 16.5 Å². The molecule has 0 aromatic heterocycles. The number of hydrogen-bond donors (Lipinski definition) is 3. The highest BCUT2D eigenvalue weighted by atomic mass is 35.5. The Bertz CT molecular complexity index is 928. The lowest BCUT2D eigenvalue weighted by Gasteiger charge is -2.10. The first kappa shape index (κ1) is 19.5. The molecule has 2 amide bonds. The predicted molar refractivity (Wildman–Crippen MR) is 95.1 cm³/mol. The molecule has 0 saturated heterocycles. The van der Waals surface area contributed by atoms with E-state index in [-0.39, 0.29) is 11.5 Å². The van der Waals surface area contributed by atoms with Gasteiger partial charge in [0.2, 0.25) is 0 Å². The third kappa shape index (κ3) is 5.36. The Balaban J connectivity index is 1.97. The zero-order chi connectivity index (χ0) is 19.3. The summed E-state index contributed by atoms with van der Waals surface area (Å²) in [5.74, 6) is 0.0254. The van der Waals surface area contributed by atoms with Gasteiger partial charge in [-0.1, -0.05) is 17.7 Å². The van der Waals surface area contributed by atoms with E-state index in [1.165, 1.54) is 29.0 Å². The monoisotopic (exact) mass is 398 g/mol. The summed E-state index contributed by atoms with van der Waals surface area (Å²) in [5, 5.41) is 11.5. The highest BCUT2D eigenvalue weighted by Crippen LogP contribution is 2.22. The van der Waals surface area contributed by atoms with Crippen LogP contribution in [0.2, 0.25) is 5.02 Å². The highest BCUT2D eigenvalue weighted by Gasteiger charge is 2.16. The van der Waals surface area contributed by atoms with Crippen molar-refractivity contribution in [1.82, 2.24) is 4.72 Å². The van der Waals surface area contributed by atoms with Gasteiger partial charge in [0.25, 0.3) is 15.9 Å². The molecular formula is C16H15ClN2O6S. The lowest BCUT2D eigenvalue weighted by molar-refractivity contribution is -0.118. The number of nitrogens with one attached hydrogen (secondary N) is 2. The van der Waals surface area contributed by atoms with Crippen LogP contribution in [0.15, 0.2) is 47.4 Å². The van der Waals surface area contributed by atoms with E-state index < -0.39 is 22.0 Å². The molecule has 2 rings (SSSR count). The molecule has 0 aliphatic heterocycles. The summed E-state index contributed by atoms with van der Waals surface area (Å²) in [6.45, 7) is 1.55. The van der Waals surface area contributed by atoms with Crippen LogP contribution >= 0.6 is 11.6 Å². The maximum Gasteiger partial charge on any atom is 0.418 e. The first-order chi connectivity index (χ1) is 12.2. The zero-order valence-electron chi connectivity index (χ0n) is 13.5. The number of carboxylic acid groups (broad SMARTS) is 1. The van der Waals surface area contributed by atoms with Crippen molar-refractivity contribution in [2.24, 2.45) is 0 Å². The van der Waals surface area contributed by atoms with Crippen LogP contribution in [-0.4, -0.2) is 32.1 Å².